The number of para-hydroxylation sites is 1. The van der Waals surface area contributed by atoms with Gasteiger partial charge in [-0.1, -0.05) is 55.3 Å². The van der Waals surface area contributed by atoms with Gasteiger partial charge in [-0.15, -0.1) is 0 Å². The Balaban J connectivity index is 1.12. The number of imide groups is 1. The number of hydrogen-bond donors (Lipinski definition) is 2. The number of nitrogens with zero attached hydrogens (tertiary/aromatic N) is 2. The number of nitrogens with one attached hydrogen (secondary N) is 1. The van der Waals surface area contributed by atoms with Crippen molar-refractivity contribution in [2.24, 2.45) is 17.8 Å². The molecular formula is C40H39N3O4. The van der Waals surface area contributed by atoms with Gasteiger partial charge >= 0.3 is 0 Å². The van der Waals surface area contributed by atoms with E-state index in [9.17, 15) is 14.7 Å². The molecule has 0 spiro atoms. The Kier molecular flexibility index (Phi) is 8.72. The second-order valence-corrected chi connectivity index (χ2v) is 12.6. The largest absolute Gasteiger partial charge is 0.508 e. The van der Waals surface area contributed by atoms with Crippen molar-refractivity contribution in [3.63, 3.8) is 0 Å². The lowest BCUT2D eigenvalue weighted by Gasteiger charge is -2.32. The fourth-order valence-corrected chi connectivity index (χ4v) is 7.58. The Morgan fingerprint density at radius 1 is 0.936 bits per heavy atom. The fourth-order valence-electron chi connectivity index (χ4n) is 7.58. The Labute approximate surface area is 275 Å². The molecular weight excluding hydrogens is 586 g/mol. The lowest BCUT2D eigenvalue weighted by molar-refractivity contribution is -0.122. The molecule has 3 aromatic carbocycles. The van der Waals surface area contributed by atoms with Crippen LogP contribution in [0.2, 0.25) is 0 Å². The summed E-state index contributed by atoms with van der Waals surface area (Å²) in [5, 5.41) is 13.4. The van der Waals surface area contributed by atoms with E-state index in [4.69, 9.17) is 4.74 Å². The van der Waals surface area contributed by atoms with Crippen LogP contribution in [0.1, 0.15) is 50.3 Å². The molecule has 0 saturated carbocycles. The van der Waals surface area contributed by atoms with Gasteiger partial charge in [-0.05, 0) is 109 Å². The number of amides is 2. The maximum absolute atomic E-state index is 14.1. The molecule has 2 amide bonds. The van der Waals surface area contributed by atoms with Crippen LogP contribution in [0, 0.1) is 17.8 Å². The van der Waals surface area contributed by atoms with Crippen molar-refractivity contribution in [3.8, 4) is 5.75 Å². The van der Waals surface area contributed by atoms with Crippen molar-refractivity contribution in [1.82, 2.24) is 4.98 Å². The van der Waals surface area contributed by atoms with Crippen LogP contribution in [0.4, 0.5) is 17.1 Å². The van der Waals surface area contributed by atoms with Gasteiger partial charge in [0.05, 0.1) is 35.9 Å². The molecule has 238 valence electrons. The number of carbonyl (C=O) groups excluding carboxylic acids is 2. The van der Waals surface area contributed by atoms with Gasteiger partial charge in [0.1, 0.15) is 5.75 Å². The number of rotatable bonds is 10. The number of ether oxygens (including phenoxy) is 1. The first-order chi connectivity index (χ1) is 23.0. The summed E-state index contributed by atoms with van der Waals surface area (Å²) in [5.74, 6) is -0.887. The SMILES string of the molecule is CCCC1=C2[C@@H](CC/C(=C/c3cccc(O)c3)c3ccccn3)OC[C@@H]2[C@@H]2C(=O)N(c3ccc(Nc4ccccc4)cc3)C(=O)[C@@H]2C1. The van der Waals surface area contributed by atoms with Crippen LogP contribution < -0.4 is 10.2 Å². The molecule has 1 aromatic heterocycles. The lowest BCUT2D eigenvalue weighted by Crippen LogP contribution is -2.34. The minimum atomic E-state index is -0.414. The number of fused-ring (bicyclic) bond motifs is 3. The summed E-state index contributed by atoms with van der Waals surface area (Å²) in [6.07, 6.45) is 7.65. The van der Waals surface area contributed by atoms with E-state index in [0.717, 1.165) is 47.5 Å². The van der Waals surface area contributed by atoms with E-state index in [0.29, 0.717) is 25.1 Å². The maximum atomic E-state index is 14.1. The van der Waals surface area contributed by atoms with Gasteiger partial charge in [0, 0.05) is 23.5 Å². The summed E-state index contributed by atoms with van der Waals surface area (Å²) < 4.78 is 6.50. The lowest BCUT2D eigenvalue weighted by atomic mass is 9.68. The topological polar surface area (TPSA) is 91.8 Å². The van der Waals surface area contributed by atoms with Gasteiger partial charge in [0.25, 0.3) is 0 Å². The summed E-state index contributed by atoms with van der Waals surface area (Å²) in [6, 6.07) is 30.5. The Bertz CT molecular complexity index is 1820. The highest BCUT2D eigenvalue weighted by molar-refractivity contribution is 6.22. The van der Waals surface area contributed by atoms with Gasteiger partial charge in [0.15, 0.2) is 0 Å². The zero-order valence-corrected chi connectivity index (χ0v) is 26.5. The minimum Gasteiger partial charge on any atom is -0.508 e. The Morgan fingerprint density at radius 2 is 1.72 bits per heavy atom. The number of phenols is 1. The summed E-state index contributed by atoms with van der Waals surface area (Å²) in [7, 11) is 0. The number of aromatic nitrogens is 1. The number of benzene rings is 3. The number of anilines is 3. The molecule has 2 aliphatic heterocycles. The summed E-state index contributed by atoms with van der Waals surface area (Å²) in [6.45, 7) is 2.60. The third-order valence-corrected chi connectivity index (χ3v) is 9.63. The molecule has 4 aromatic rings. The van der Waals surface area contributed by atoms with E-state index in [-0.39, 0.29) is 35.5 Å². The normalized spacial score (nSPS) is 22.4. The van der Waals surface area contributed by atoms with Crippen molar-refractivity contribution < 1.29 is 19.4 Å². The summed E-state index contributed by atoms with van der Waals surface area (Å²) >= 11 is 0. The van der Waals surface area contributed by atoms with Crippen LogP contribution in [0.25, 0.3) is 11.6 Å². The molecule has 0 radical (unpaired) electrons. The molecule has 3 aliphatic rings. The van der Waals surface area contributed by atoms with Crippen LogP contribution in [-0.4, -0.2) is 34.6 Å². The number of carbonyl (C=O) groups is 2. The average Bonchev–Trinajstić information content (AvgIpc) is 3.62. The molecule has 3 heterocycles. The number of pyridine rings is 1. The zero-order valence-electron chi connectivity index (χ0n) is 26.5. The number of allylic oxidation sites excluding steroid dienone is 2. The van der Waals surface area contributed by atoms with E-state index in [2.05, 4.69) is 23.3 Å². The smallest absolute Gasteiger partial charge is 0.238 e. The first kappa shape index (κ1) is 30.6. The van der Waals surface area contributed by atoms with Crippen molar-refractivity contribution >= 4 is 40.5 Å². The van der Waals surface area contributed by atoms with Gasteiger partial charge in [-0.2, -0.15) is 0 Å². The third kappa shape index (κ3) is 6.23. The average molecular weight is 626 g/mol. The molecule has 1 aliphatic carbocycles. The fraction of sp³-hybridized carbons (Fsp3) is 0.275. The van der Waals surface area contributed by atoms with Gasteiger partial charge in [-0.3, -0.25) is 19.5 Å². The number of aromatic hydroxyl groups is 1. The highest BCUT2D eigenvalue weighted by atomic mass is 16.5. The van der Waals surface area contributed by atoms with E-state index in [1.54, 1.807) is 18.3 Å². The molecule has 0 bridgehead atoms. The van der Waals surface area contributed by atoms with Gasteiger partial charge in [0.2, 0.25) is 11.8 Å². The van der Waals surface area contributed by atoms with Crippen molar-refractivity contribution in [2.75, 3.05) is 16.8 Å². The van der Waals surface area contributed by atoms with Crippen LogP contribution in [-0.2, 0) is 14.3 Å². The van der Waals surface area contributed by atoms with Crippen LogP contribution in [0.15, 0.2) is 114 Å². The molecule has 7 heteroatoms. The highest BCUT2D eigenvalue weighted by Crippen LogP contribution is 2.51. The molecule has 2 N–H and O–H groups in total. The standard InChI is InChI=1S/C40H39N3O4/c1-2-9-28-24-33-38(40(46)43(39(33)45)31-18-16-30(17-19-31)42-29-11-4-3-5-12-29)34-25-47-36(37(28)34)20-15-27(35-14-6-7-21-41-35)22-26-10-8-13-32(44)23-26/h3-8,10-14,16-19,21-23,33-34,36,38,42,44H,2,9,15,20,24-25H2,1H3/b27-22-/t33-,34+,36-,38-/m1/s1. The van der Waals surface area contributed by atoms with E-state index >= 15 is 0 Å². The molecule has 47 heavy (non-hydrogen) atoms. The monoisotopic (exact) mass is 625 g/mol. The van der Waals surface area contributed by atoms with Crippen LogP contribution in [0.5, 0.6) is 5.75 Å². The van der Waals surface area contributed by atoms with E-state index in [1.807, 2.05) is 84.9 Å². The predicted molar refractivity (Wildman–Crippen MR) is 185 cm³/mol. The van der Waals surface area contributed by atoms with Crippen molar-refractivity contribution in [2.45, 2.75) is 45.1 Å². The second-order valence-electron chi connectivity index (χ2n) is 12.6. The minimum absolute atomic E-state index is 0.103. The Morgan fingerprint density at radius 3 is 2.47 bits per heavy atom. The molecule has 2 saturated heterocycles. The Hall–Kier alpha value is -5.01. The molecule has 7 rings (SSSR count). The second kappa shape index (κ2) is 13.4. The predicted octanol–water partition coefficient (Wildman–Crippen LogP) is 8.17. The molecule has 7 nitrogen and oxygen atoms in total. The quantitative estimate of drug-likeness (QED) is 0.136. The maximum Gasteiger partial charge on any atom is 0.238 e. The van der Waals surface area contributed by atoms with Crippen molar-refractivity contribution in [1.29, 1.82) is 0 Å². The first-order valence-corrected chi connectivity index (χ1v) is 16.5. The third-order valence-electron chi connectivity index (χ3n) is 9.63. The van der Waals surface area contributed by atoms with Crippen LogP contribution >= 0.6 is 0 Å². The summed E-state index contributed by atoms with van der Waals surface area (Å²) in [4.78, 5) is 34.0. The molecule has 4 atom stereocenters. The molecule has 2 fully saturated rings. The zero-order chi connectivity index (χ0) is 32.3. The van der Waals surface area contributed by atoms with E-state index in [1.165, 1.54) is 16.0 Å². The van der Waals surface area contributed by atoms with E-state index < -0.39 is 5.92 Å². The number of hydrogen-bond acceptors (Lipinski definition) is 6. The first-order valence-electron chi connectivity index (χ1n) is 16.5. The van der Waals surface area contributed by atoms with Gasteiger partial charge < -0.3 is 15.2 Å². The van der Waals surface area contributed by atoms with Crippen molar-refractivity contribution in [3.05, 3.63) is 126 Å². The molecule has 0 unspecified atom stereocenters. The highest BCUT2D eigenvalue weighted by Gasteiger charge is 2.57. The van der Waals surface area contributed by atoms with Gasteiger partial charge in [-0.25, -0.2) is 0 Å². The van der Waals surface area contributed by atoms with Crippen LogP contribution in [0.3, 0.4) is 0 Å². The number of phenolic OH excluding ortho intramolecular Hbond substituents is 1. The summed E-state index contributed by atoms with van der Waals surface area (Å²) in [5.41, 5.74) is 7.83.